The van der Waals surface area contributed by atoms with E-state index in [1.165, 1.54) is 86.0 Å². The Balaban J connectivity index is 1.17. The van der Waals surface area contributed by atoms with Crippen molar-refractivity contribution < 1.29 is 4.42 Å². The number of furan rings is 1. The molecule has 0 N–H and O–H groups in total. The van der Waals surface area contributed by atoms with Crippen LogP contribution in [0.25, 0.3) is 108 Å². The Labute approximate surface area is 304 Å². The fraction of sp³-hybridized carbons (Fsp3) is 0. The highest BCUT2D eigenvalue weighted by Gasteiger charge is 2.22. The van der Waals surface area contributed by atoms with Gasteiger partial charge in [-0.3, -0.25) is 0 Å². The molecule has 242 valence electrons. The molecule has 0 aliphatic heterocycles. The molecule has 0 aliphatic carbocycles. The van der Waals surface area contributed by atoms with Crippen LogP contribution in [0.4, 0.5) is 0 Å². The van der Waals surface area contributed by atoms with E-state index in [0.29, 0.717) is 0 Å². The number of thiophene rings is 1. The van der Waals surface area contributed by atoms with E-state index in [1.807, 2.05) is 11.3 Å². The summed E-state index contributed by atoms with van der Waals surface area (Å²) >= 11 is 1.87. The van der Waals surface area contributed by atoms with Gasteiger partial charge in [0.1, 0.15) is 11.2 Å². The zero-order chi connectivity index (χ0) is 34.2. The summed E-state index contributed by atoms with van der Waals surface area (Å²) in [5.74, 6) is 0. The number of fused-ring (bicyclic) bond motifs is 8. The molecule has 0 spiro atoms. The van der Waals surface area contributed by atoms with Crippen LogP contribution in [0.3, 0.4) is 0 Å². The minimum Gasteiger partial charge on any atom is -0.456 e. The second-order valence-corrected chi connectivity index (χ2v) is 14.6. The molecule has 0 saturated carbocycles. The summed E-state index contributed by atoms with van der Waals surface area (Å²) in [4.78, 5) is 1.28. The Morgan fingerprint density at radius 3 is 1.63 bits per heavy atom. The van der Waals surface area contributed by atoms with Gasteiger partial charge in [0, 0.05) is 31.3 Å². The third-order valence-electron chi connectivity index (χ3n) is 10.7. The SMILES string of the molecule is c1ccc(-c2sc3c(ccc4oc5cc(-c6c7ccccc7c(-c7cccc8ccccc78)c7ccccc67)ccc5c43)c2-c2ccccc2)cc1. The predicted molar refractivity (Wildman–Crippen MR) is 223 cm³/mol. The first-order chi connectivity index (χ1) is 25.8. The number of benzene rings is 9. The maximum atomic E-state index is 6.76. The smallest absolute Gasteiger partial charge is 0.136 e. The molecule has 52 heavy (non-hydrogen) atoms. The number of hydrogen-bond acceptors (Lipinski definition) is 2. The van der Waals surface area contributed by atoms with E-state index >= 15 is 0 Å². The van der Waals surface area contributed by atoms with Gasteiger partial charge >= 0.3 is 0 Å². The van der Waals surface area contributed by atoms with Gasteiger partial charge in [0.15, 0.2) is 0 Å². The molecular weight excluding hydrogens is 649 g/mol. The zero-order valence-corrected chi connectivity index (χ0v) is 29.0. The molecule has 2 aromatic heterocycles. The van der Waals surface area contributed by atoms with Gasteiger partial charge in [0.2, 0.25) is 0 Å². The lowest BCUT2D eigenvalue weighted by atomic mass is 9.84. The quantitative estimate of drug-likeness (QED) is 0.169. The normalized spacial score (nSPS) is 11.8. The van der Waals surface area contributed by atoms with Crippen molar-refractivity contribution in [2.45, 2.75) is 0 Å². The summed E-state index contributed by atoms with van der Waals surface area (Å²) in [6, 6.07) is 65.9. The first-order valence-electron chi connectivity index (χ1n) is 17.8. The van der Waals surface area contributed by atoms with Crippen LogP contribution in [0.5, 0.6) is 0 Å². The highest BCUT2D eigenvalue weighted by atomic mass is 32.1. The van der Waals surface area contributed by atoms with Crippen LogP contribution in [0.2, 0.25) is 0 Å². The largest absolute Gasteiger partial charge is 0.456 e. The van der Waals surface area contributed by atoms with E-state index in [1.54, 1.807) is 0 Å². The van der Waals surface area contributed by atoms with Crippen molar-refractivity contribution in [1.29, 1.82) is 0 Å². The highest BCUT2D eigenvalue weighted by Crippen LogP contribution is 2.50. The lowest BCUT2D eigenvalue weighted by Gasteiger charge is -2.18. The monoisotopic (exact) mass is 678 g/mol. The van der Waals surface area contributed by atoms with Gasteiger partial charge in [-0.25, -0.2) is 0 Å². The summed E-state index contributed by atoms with van der Waals surface area (Å²) in [5.41, 5.74) is 10.5. The second kappa shape index (κ2) is 11.5. The minimum absolute atomic E-state index is 0.905. The van der Waals surface area contributed by atoms with Crippen molar-refractivity contribution in [3.8, 4) is 43.8 Å². The third-order valence-corrected chi connectivity index (χ3v) is 11.9. The van der Waals surface area contributed by atoms with Crippen LogP contribution in [0.15, 0.2) is 186 Å². The number of rotatable bonds is 4. The van der Waals surface area contributed by atoms with E-state index in [-0.39, 0.29) is 0 Å². The molecule has 1 nitrogen and oxygen atoms in total. The molecule has 11 aromatic rings. The van der Waals surface area contributed by atoms with Crippen LogP contribution < -0.4 is 0 Å². The van der Waals surface area contributed by atoms with Crippen LogP contribution in [0.1, 0.15) is 0 Å². The van der Waals surface area contributed by atoms with Crippen LogP contribution >= 0.6 is 11.3 Å². The Bertz CT molecular complexity index is 3100. The molecule has 0 fully saturated rings. The lowest BCUT2D eigenvalue weighted by molar-refractivity contribution is 0.669. The third kappa shape index (κ3) is 4.35. The maximum Gasteiger partial charge on any atom is 0.136 e. The maximum absolute atomic E-state index is 6.76. The summed E-state index contributed by atoms with van der Waals surface area (Å²) in [6.07, 6.45) is 0. The average Bonchev–Trinajstić information content (AvgIpc) is 3.79. The summed E-state index contributed by atoms with van der Waals surface area (Å²) in [7, 11) is 0. The molecule has 11 rings (SSSR count). The van der Waals surface area contributed by atoms with Gasteiger partial charge < -0.3 is 4.42 Å². The second-order valence-electron chi connectivity index (χ2n) is 13.5. The molecule has 0 atom stereocenters. The molecule has 2 heterocycles. The molecule has 0 unspecified atom stereocenters. The lowest BCUT2D eigenvalue weighted by Crippen LogP contribution is -1.91. The molecule has 0 amide bonds. The molecule has 0 bridgehead atoms. The topological polar surface area (TPSA) is 13.1 Å². The van der Waals surface area contributed by atoms with Crippen molar-refractivity contribution in [2.75, 3.05) is 0 Å². The van der Waals surface area contributed by atoms with Gasteiger partial charge in [-0.2, -0.15) is 0 Å². The molecule has 0 radical (unpaired) electrons. The van der Waals surface area contributed by atoms with Gasteiger partial charge in [0.05, 0.1) is 0 Å². The first kappa shape index (κ1) is 29.3. The van der Waals surface area contributed by atoms with Crippen molar-refractivity contribution >= 4 is 75.7 Å². The summed E-state index contributed by atoms with van der Waals surface area (Å²) in [6.45, 7) is 0. The standard InChI is InChI=1S/C50H30OS/c1-3-15-32(16-4-1)46-42-28-29-43-48(50(42)52-49(46)33-17-5-2-6-18-33)41-27-26-34(30-44(41)51-43)45-37-21-9-11-23-39(37)47(40-24-12-10-22-38(40)45)36-25-13-19-31-14-7-8-20-35(31)36/h1-30H. The van der Waals surface area contributed by atoms with E-state index in [9.17, 15) is 0 Å². The van der Waals surface area contributed by atoms with Crippen molar-refractivity contribution in [3.05, 3.63) is 182 Å². The van der Waals surface area contributed by atoms with Crippen LogP contribution in [0, 0.1) is 0 Å². The molecular formula is C50H30OS. The summed E-state index contributed by atoms with van der Waals surface area (Å²) < 4.78 is 8.02. The van der Waals surface area contributed by atoms with Crippen molar-refractivity contribution in [1.82, 2.24) is 0 Å². The van der Waals surface area contributed by atoms with Gasteiger partial charge in [-0.15, -0.1) is 11.3 Å². The molecule has 0 saturated heterocycles. The van der Waals surface area contributed by atoms with Gasteiger partial charge in [-0.1, -0.05) is 158 Å². The Morgan fingerprint density at radius 2 is 0.923 bits per heavy atom. The highest BCUT2D eigenvalue weighted by molar-refractivity contribution is 7.24. The molecule has 2 heteroatoms. The fourth-order valence-electron chi connectivity index (χ4n) is 8.43. The first-order valence-corrected chi connectivity index (χ1v) is 18.6. The zero-order valence-electron chi connectivity index (χ0n) is 28.1. The van der Waals surface area contributed by atoms with E-state index in [2.05, 4.69) is 182 Å². The molecule has 0 aliphatic rings. The Hall–Kier alpha value is -6.48. The van der Waals surface area contributed by atoms with Crippen LogP contribution in [-0.2, 0) is 0 Å². The van der Waals surface area contributed by atoms with E-state index < -0.39 is 0 Å². The Morgan fingerprint density at radius 1 is 0.346 bits per heavy atom. The minimum atomic E-state index is 0.905. The van der Waals surface area contributed by atoms with E-state index in [4.69, 9.17) is 4.42 Å². The van der Waals surface area contributed by atoms with Crippen molar-refractivity contribution in [3.63, 3.8) is 0 Å². The summed E-state index contributed by atoms with van der Waals surface area (Å²) in [5, 5.41) is 11.1. The number of hydrogen-bond donors (Lipinski definition) is 0. The predicted octanol–water partition coefficient (Wildman–Crippen LogP) is 14.9. The molecule has 9 aromatic carbocycles. The van der Waals surface area contributed by atoms with Crippen LogP contribution in [-0.4, -0.2) is 0 Å². The van der Waals surface area contributed by atoms with Gasteiger partial charge in [0.25, 0.3) is 0 Å². The average molecular weight is 679 g/mol. The van der Waals surface area contributed by atoms with E-state index in [0.717, 1.165) is 22.1 Å². The Kier molecular flexibility index (Phi) is 6.49. The van der Waals surface area contributed by atoms with Crippen molar-refractivity contribution in [2.24, 2.45) is 0 Å². The van der Waals surface area contributed by atoms with Gasteiger partial charge in [-0.05, 0) is 90.0 Å². The fourth-order valence-corrected chi connectivity index (χ4v) is 9.81.